The molecular weight excluding hydrogens is 556 g/mol. The molecule has 1 heteroatoms. The first-order valence-corrected chi connectivity index (χ1v) is 16.4. The van der Waals surface area contributed by atoms with Crippen molar-refractivity contribution in [3.05, 3.63) is 162 Å². The van der Waals surface area contributed by atoms with E-state index < -0.39 is 0 Å². The molecule has 8 aromatic rings. The SMILES string of the molecule is CC1(C)C2=CC=C(c3c4ccccc4c(-c4ccccc4)c4ccccc34)CC2c2cc3ccc4oc5ccccc5c4c3cc21. The largest absolute Gasteiger partial charge is 0.456 e. The Hall–Kier alpha value is -5.40. The molecule has 0 spiro atoms. The van der Waals surface area contributed by atoms with Crippen molar-refractivity contribution in [1.29, 1.82) is 0 Å². The summed E-state index contributed by atoms with van der Waals surface area (Å²) in [6.07, 6.45) is 5.87. The van der Waals surface area contributed by atoms with E-state index in [1.807, 2.05) is 0 Å². The lowest BCUT2D eigenvalue weighted by molar-refractivity contribution is 0.615. The molecule has 1 nitrogen and oxygen atoms in total. The molecule has 46 heavy (non-hydrogen) atoms. The molecule has 7 aromatic carbocycles. The Bertz CT molecular complexity index is 2570. The normalized spacial score (nSPS) is 17.0. The first-order valence-electron chi connectivity index (χ1n) is 16.4. The van der Waals surface area contributed by atoms with E-state index in [1.165, 1.54) is 82.1 Å². The van der Waals surface area contributed by atoms with Gasteiger partial charge in [-0.15, -0.1) is 0 Å². The first-order chi connectivity index (χ1) is 22.6. The van der Waals surface area contributed by atoms with Gasteiger partial charge < -0.3 is 4.42 Å². The number of fused-ring (bicyclic) bond motifs is 10. The Kier molecular flexibility index (Phi) is 5.24. The van der Waals surface area contributed by atoms with Crippen LogP contribution < -0.4 is 0 Å². The number of furan rings is 1. The summed E-state index contributed by atoms with van der Waals surface area (Å²) >= 11 is 0. The minimum atomic E-state index is -0.0563. The summed E-state index contributed by atoms with van der Waals surface area (Å²) in [4.78, 5) is 0. The van der Waals surface area contributed by atoms with Gasteiger partial charge >= 0.3 is 0 Å². The molecule has 2 aliphatic carbocycles. The fourth-order valence-electron chi connectivity index (χ4n) is 8.80. The molecule has 0 amide bonds. The number of benzene rings is 7. The van der Waals surface area contributed by atoms with E-state index in [0.29, 0.717) is 5.92 Å². The van der Waals surface area contributed by atoms with Gasteiger partial charge in [-0.1, -0.05) is 141 Å². The van der Waals surface area contributed by atoms with E-state index in [2.05, 4.69) is 153 Å². The Morgan fingerprint density at radius 1 is 0.565 bits per heavy atom. The third kappa shape index (κ3) is 3.46. The van der Waals surface area contributed by atoms with Gasteiger partial charge in [0.05, 0.1) is 0 Å². The third-order valence-electron chi connectivity index (χ3n) is 10.9. The van der Waals surface area contributed by atoms with Gasteiger partial charge in [-0.2, -0.15) is 0 Å². The molecule has 1 unspecified atom stereocenters. The van der Waals surface area contributed by atoms with Crippen LogP contribution in [-0.4, -0.2) is 0 Å². The number of allylic oxidation sites excluding steroid dienone is 4. The highest BCUT2D eigenvalue weighted by molar-refractivity contribution is 6.20. The quantitative estimate of drug-likeness (QED) is 0.183. The van der Waals surface area contributed by atoms with Crippen molar-refractivity contribution in [2.75, 3.05) is 0 Å². The zero-order valence-corrected chi connectivity index (χ0v) is 26.0. The summed E-state index contributed by atoms with van der Waals surface area (Å²) in [5.74, 6) is 0.345. The Balaban J connectivity index is 1.18. The maximum atomic E-state index is 6.28. The van der Waals surface area contributed by atoms with E-state index in [4.69, 9.17) is 4.42 Å². The highest BCUT2D eigenvalue weighted by Gasteiger charge is 2.43. The summed E-state index contributed by atoms with van der Waals surface area (Å²) in [6, 6.07) is 46.7. The van der Waals surface area contributed by atoms with Crippen LogP contribution in [0.5, 0.6) is 0 Å². The molecule has 0 saturated carbocycles. The fraction of sp³-hybridized carbons (Fsp3) is 0.111. The lowest BCUT2D eigenvalue weighted by atomic mass is 9.75. The van der Waals surface area contributed by atoms with Crippen LogP contribution in [0, 0.1) is 0 Å². The van der Waals surface area contributed by atoms with Crippen molar-refractivity contribution in [2.24, 2.45) is 0 Å². The molecule has 0 radical (unpaired) electrons. The van der Waals surface area contributed by atoms with Crippen molar-refractivity contribution in [1.82, 2.24) is 0 Å². The maximum absolute atomic E-state index is 6.28. The predicted octanol–water partition coefficient (Wildman–Crippen LogP) is 12.5. The average Bonchev–Trinajstić information content (AvgIpc) is 3.58. The molecule has 0 fully saturated rings. The van der Waals surface area contributed by atoms with E-state index >= 15 is 0 Å². The number of rotatable bonds is 2. The van der Waals surface area contributed by atoms with Crippen molar-refractivity contribution < 1.29 is 4.42 Å². The Morgan fingerprint density at radius 3 is 1.91 bits per heavy atom. The maximum Gasteiger partial charge on any atom is 0.136 e. The standard InChI is InChI=1S/C45H32O/c1-45(2)38-22-20-29(43-32-16-8-6-14-30(32)42(27-12-4-3-5-13-27)31-15-7-9-17-33(31)43)25-36(38)37-24-28-21-23-41-44(35(28)26-39(37)45)34-18-10-11-19-40(34)46-41/h3-24,26,36H,25H2,1-2H3. The van der Waals surface area contributed by atoms with Gasteiger partial charge in [0.15, 0.2) is 0 Å². The number of hydrogen-bond acceptors (Lipinski definition) is 1. The fourth-order valence-corrected chi connectivity index (χ4v) is 8.80. The first kappa shape index (κ1) is 25.9. The van der Waals surface area contributed by atoms with Gasteiger partial charge in [-0.05, 0) is 90.3 Å². The molecular formula is C45H32O. The molecule has 0 bridgehead atoms. The Morgan fingerprint density at radius 2 is 1.20 bits per heavy atom. The second-order valence-corrected chi connectivity index (χ2v) is 13.6. The molecule has 2 aliphatic rings. The van der Waals surface area contributed by atoms with Crippen LogP contribution in [0.15, 0.2) is 150 Å². The summed E-state index contributed by atoms with van der Waals surface area (Å²) in [5.41, 5.74) is 11.7. The average molecular weight is 589 g/mol. The van der Waals surface area contributed by atoms with Crippen LogP contribution in [0.4, 0.5) is 0 Å². The highest BCUT2D eigenvalue weighted by atomic mass is 16.3. The van der Waals surface area contributed by atoms with Crippen LogP contribution in [0.2, 0.25) is 0 Å². The van der Waals surface area contributed by atoms with Crippen LogP contribution in [0.25, 0.3) is 71.0 Å². The van der Waals surface area contributed by atoms with E-state index in [9.17, 15) is 0 Å². The topological polar surface area (TPSA) is 13.1 Å². The lowest BCUT2D eigenvalue weighted by Gasteiger charge is -2.28. The predicted molar refractivity (Wildman–Crippen MR) is 195 cm³/mol. The number of hydrogen-bond donors (Lipinski definition) is 0. The molecule has 0 aliphatic heterocycles. The van der Waals surface area contributed by atoms with Gasteiger partial charge in [-0.3, -0.25) is 0 Å². The van der Waals surface area contributed by atoms with Crippen LogP contribution in [0.1, 0.15) is 42.9 Å². The molecule has 1 heterocycles. The highest BCUT2D eigenvalue weighted by Crippen LogP contribution is 2.57. The molecule has 1 atom stereocenters. The van der Waals surface area contributed by atoms with E-state index in [-0.39, 0.29) is 5.41 Å². The Labute approximate surface area is 268 Å². The zero-order valence-electron chi connectivity index (χ0n) is 26.0. The van der Waals surface area contributed by atoms with Crippen molar-refractivity contribution in [3.63, 3.8) is 0 Å². The van der Waals surface area contributed by atoms with Crippen molar-refractivity contribution >= 4 is 59.8 Å². The lowest BCUT2D eigenvalue weighted by Crippen LogP contribution is -2.17. The summed E-state index contributed by atoms with van der Waals surface area (Å²) < 4.78 is 6.28. The van der Waals surface area contributed by atoms with Gasteiger partial charge in [0.2, 0.25) is 0 Å². The minimum Gasteiger partial charge on any atom is -0.456 e. The third-order valence-corrected chi connectivity index (χ3v) is 10.9. The van der Waals surface area contributed by atoms with Crippen molar-refractivity contribution in [2.45, 2.75) is 31.6 Å². The molecule has 0 saturated heterocycles. The van der Waals surface area contributed by atoms with Gasteiger partial charge in [0.1, 0.15) is 11.2 Å². The van der Waals surface area contributed by atoms with Gasteiger partial charge in [-0.25, -0.2) is 0 Å². The van der Waals surface area contributed by atoms with E-state index in [1.54, 1.807) is 0 Å². The molecule has 0 N–H and O–H groups in total. The van der Waals surface area contributed by atoms with Crippen LogP contribution >= 0.6 is 0 Å². The van der Waals surface area contributed by atoms with Crippen LogP contribution in [0.3, 0.4) is 0 Å². The number of para-hydroxylation sites is 1. The molecule has 218 valence electrons. The monoisotopic (exact) mass is 588 g/mol. The van der Waals surface area contributed by atoms with Crippen molar-refractivity contribution in [3.8, 4) is 11.1 Å². The minimum absolute atomic E-state index is 0.0563. The summed E-state index contributed by atoms with van der Waals surface area (Å²) in [6.45, 7) is 4.82. The zero-order chi connectivity index (χ0) is 30.6. The second-order valence-electron chi connectivity index (χ2n) is 13.6. The van der Waals surface area contributed by atoms with Gasteiger partial charge in [0.25, 0.3) is 0 Å². The van der Waals surface area contributed by atoms with E-state index in [0.717, 1.165) is 17.6 Å². The summed E-state index contributed by atoms with van der Waals surface area (Å²) in [7, 11) is 0. The summed E-state index contributed by atoms with van der Waals surface area (Å²) in [5, 5.41) is 10.3. The van der Waals surface area contributed by atoms with Gasteiger partial charge in [0, 0.05) is 22.1 Å². The molecule has 1 aromatic heterocycles. The van der Waals surface area contributed by atoms with Crippen LogP contribution in [-0.2, 0) is 5.41 Å². The smallest absolute Gasteiger partial charge is 0.136 e. The molecule has 10 rings (SSSR count). The second kappa shape index (κ2) is 9.31.